The molecule has 1 amide bonds. The first-order valence-corrected chi connectivity index (χ1v) is 10.8. The number of allylic oxidation sites excluding steroid dienone is 1. The molecule has 0 atom stereocenters. The Morgan fingerprint density at radius 3 is 2.64 bits per heavy atom. The molecule has 1 aliphatic carbocycles. The number of carbonyl (C=O) groups excluding carboxylic acids is 1. The number of nitrogens with zero attached hydrogens (tertiary/aromatic N) is 1. The van der Waals surface area contributed by atoms with Crippen LogP contribution in [0.3, 0.4) is 0 Å². The van der Waals surface area contributed by atoms with Crippen LogP contribution in [0, 0.1) is 6.92 Å². The second kappa shape index (κ2) is 11.9. The van der Waals surface area contributed by atoms with E-state index in [0.29, 0.717) is 25.8 Å². The van der Waals surface area contributed by atoms with Gasteiger partial charge in [0, 0.05) is 25.3 Å². The predicted octanol–water partition coefficient (Wildman–Crippen LogP) is 5.43. The number of carbonyl (C=O) groups is 1. The van der Waals surface area contributed by atoms with Gasteiger partial charge >= 0.3 is 0 Å². The number of rotatable bonds is 13. The summed E-state index contributed by atoms with van der Waals surface area (Å²) in [7, 11) is 1.67. The highest BCUT2D eigenvalue weighted by Crippen LogP contribution is 2.32. The Kier molecular flexibility index (Phi) is 9.56. The quantitative estimate of drug-likeness (QED) is 0.335. The fourth-order valence-corrected chi connectivity index (χ4v) is 3.45. The monoisotopic (exact) mass is 387 g/mol. The Balaban J connectivity index is 2.13. The third kappa shape index (κ3) is 6.66. The van der Waals surface area contributed by atoms with Gasteiger partial charge in [-0.05, 0) is 56.2 Å². The summed E-state index contributed by atoms with van der Waals surface area (Å²) in [5.41, 5.74) is 3.27. The van der Waals surface area contributed by atoms with Crippen LogP contribution in [0.4, 0.5) is 0 Å². The van der Waals surface area contributed by atoms with Crippen molar-refractivity contribution in [2.24, 2.45) is 0 Å². The third-order valence-electron chi connectivity index (χ3n) is 5.31. The van der Waals surface area contributed by atoms with Gasteiger partial charge < -0.3 is 14.4 Å². The predicted molar refractivity (Wildman–Crippen MR) is 115 cm³/mol. The van der Waals surface area contributed by atoms with Gasteiger partial charge in [0.2, 0.25) is 5.91 Å². The van der Waals surface area contributed by atoms with Crippen LogP contribution in [0.25, 0.3) is 0 Å². The number of amides is 1. The first-order valence-electron chi connectivity index (χ1n) is 10.8. The molecule has 0 heterocycles. The average Bonchev–Trinajstić information content (AvgIpc) is 3.52. The maximum Gasteiger partial charge on any atom is 0.250 e. The molecule has 4 heteroatoms. The highest BCUT2D eigenvalue weighted by molar-refractivity contribution is 5.93. The Morgan fingerprint density at radius 2 is 2.00 bits per heavy atom. The lowest BCUT2D eigenvalue weighted by molar-refractivity contribution is -0.128. The molecule has 2 rings (SSSR count). The number of ether oxygens (including phenoxy) is 2. The molecule has 1 fully saturated rings. The van der Waals surface area contributed by atoms with E-state index < -0.39 is 0 Å². The van der Waals surface area contributed by atoms with Gasteiger partial charge in [-0.25, -0.2) is 0 Å². The van der Waals surface area contributed by atoms with Gasteiger partial charge in [0.05, 0.1) is 6.61 Å². The fourth-order valence-electron chi connectivity index (χ4n) is 3.45. The first kappa shape index (κ1) is 22.5. The van der Waals surface area contributed by atoms with Crippen LogP contribution in [-0.4, -0.2) is 37.2 Å². The summed E-state index contributed by atoms with van der Waals surface area (Å²) in [6, 6.07) is 6.51. The number of methoxy groups -OCH3 is 1. The van der Waals surface area contributed by atoms with Crippen LogP contribution in [0.2, 0.25) is 0 Å². The highest BCUT2D eigenvalue weighted by atomic mass is 16.5. The molecule has 0 spiro atoms. The molecule has 1 aromatic rings. The zero-order valence-corrected chi connectivity index (χ0v) is 18.1. The topological polar surface area (TPSA) is 38.8 Å². The zero-order valence-electron chi connectivity index (χ0n) is 18.1. The maximum atomic E-state index is 13.3. The van der Waals surface area contributed by atoms with E-state index in [2.05, 4.69) is 37.8 Å². The standard InChI is InChI=1S/C24H37NO3/c1-5-7-8-11-20(10-6-2)24(26)25(22-14-15-22)18-21-12-9-13-23(19(21)3)28-17-16-27-4/h9-10,12-13,22H,5-8,11,14-18H2,1-4H3. The molecule has 0 radical (unpaired) electrons. The smallest absolute Gasteiger partial charge is 0.250 e. The number of hydrogen-bond donors (Lipinski definition) is 0. The molecule has 1 saturated carbocycles. The summed E-state index contributed by atoms with van der Waals surface area (Å²) >= 11 is 0. The van der Waals surface area contributed by atoms with Crippen molar-refractivity contribution in [3.8, 4) is 5.75 Å². The van der Waals surface area contributed by atoms with Crippen LogP contribution in [0.5, 0.6) is 5.75 Å². The van der Waals surface area contributed by atoms with E-state index >= 15 is 0 Å². The van der Waals surface area contributed by atoms with Crippen molar-refractivity contribution in [2.45, 2.75) is 78.3 Å². The van der Waals surface area contributed by atoms with E-state index in [-0.39, 0.29) is 5.91 Å². The zero-order chi connectivity index (χ0) is 20.4. The molecule has 0 N–H and O–H groups in total. The summed E-state index contributed by atoms with van der Waals surface area (Å²) in [5.74, 6) is 1.11. The molecule has 4 nitrogen and oxygen atoms in total. The van der Waals surface area contributed by atoms with Crippen molar-refractivity contribution in [3.63, 3.8) is 0 Å². The van der Waals surface area contributed by atoms with E-state index in [1.54, 1.807) is 7.11 Å². The van der Waals surface area contributed by atoms with Crippen molar-refractivity contribution in [2.75, 3.05) is 20.3 Å². The van der Waals surface area contributed by atoms with Gasteiger partial charge in [-0.15, -0.1) is 0 Å². The minimum Gasteiger partial charge on any atom is -0.491 e. The normalized spacial score (nSPS) is 14.2. The van der Waals surface area contributed by atoms with Crippen molar-refractivity contribution >= 4 is 5.91 Å². The molecule has 0 aliphatic heterocycles. The van der Waals surface area contributed by atoms with Crippen LogP contribution in [-0.2, 0) is 16.1 Å². The van der Waals surface area contributed by atoms with E-state index in [9.17, 15) is 4.79 Å². The summed E-state index contributed by atoms with van der Waals surface area (Å²) in [6.07, 6.45) is 9.61. The molecular weight excluding hydrogens is 350 g/mol. The summed E-state index contributed by atoms with van der Waals surface area (Å²) < 4.78 is 10.9. The van der Waals surface area contributed by atoms with E-state index in [4.69, 9.17) is 9.47 Å². The van der Waals surface area contributed by atoms with Gasteiger partial charge in [-0.2, -0.15) is 0 Å². The van der Waals surface area contributed by atoms with Crippen molar-refractivity contribution in [1.82, 2.24) is 4.90 Å². The second-order valence-electron chi connectivity index (χ2n) is 7.64. The average molecular weight is 388 g/mol. The Labute approximate surface area is 170 Å². The van der Waals surface area contributed by atoms with Crippen LogP contribution >= 0.6 is 0 Å². The van der Waals surface area contributed by atoms with Crippen molar-refractivity contribution < 1.29 is 14.3 Å². The number of benzene rings is 1. The van der Waals surface area contributed by atoms with Crippen molar-refractivity contribution in [1.29, 1.82) is 0 Å². The van der Waals surface area contributed by atoms with Gasteiger partial charge in [0.25, 0.3) is 0 Å². The van der Waals surface area contributed by atoms with Gasteiger partial charge in [0.1, 0.15) is 12.4 Å². The van der Waals surface area contributed by atoms with Crippen LogP contribution in [0.15, 0.2) is 29.8 Å². The summed E-state index contributed by atoms with van der Waals surface area (Å²) in [5, 5.41) is 0. The summed E-state index contributed by atoms with van der Waals surface area (Å²) in [6.45, 7) is 8.15. The van der Waals surface area contributed by atoms with E-state index in [1.165, 1.54) is 18.4 Å². The lowest BCUT2D eigenvalue weighted by Gasteiger charge is -2.25. The lowest BCUT2D eigenvalue weighted by atomic mass is 10.0. The Morgan fingerprint density at radius 1 is 1.21 bits per heavy atom. The molecule has 1 aromatic carbocycles. The van der Waals surface area contributed by atoms with E-state index in [0.717, 1.165) is 49.0 Å². The molecular formula is C24H37NO3. The SMILES string of the molecule is CCC=C(CCCCC)C(=O)N(Cc1cccc(OCCOC)c1C)C1CC1. The maximum absolute atomic E-state index is 13.3. The van der Waals surface area contributed by atoms with Crippen LogP contribution < -0.4 is 4.74 Å². The van der Waals surface area contributed by atoms with Crippen molar-refractivity contribution in [3.05, 3.63) is 41.0 Å². The number of hydrogen-bond acceptors (Lipinski definition) is 3. The summed E-state index contributed by atoms with van der Waals surface area (Å²) in [4.78, 5) is 15.4. The number of unbranched alkanes of at least 4 members (excludes halogenated alkanes) is 2. The highest BCUT2D eigenvalue weighted by Gasteiger charge is 2.34. The molecule has 156 valence electrons. The minimum atomic E-state index is 0.227. The Hall–Kier alpha value is -1.81. The largest absolute Gasteiger partial charge is 0.491 e. The lowest BCUT2D eigenvalue weighted by Crippen LogP contribution is -2.34. The van der Waals surface area contributed by atoms with Gasteiger partial charge in [-0.1, -0.05) is 44.9 Å². The second-order valence-corrected chi connectivity index (χ2v) is 7.64. The molecule has 0 bridgehead atoms. The third-order valence-corrected chi connectivity index (χ3v) is 5.31. The molecule has 1 aliphatic rings. The molecule has 0 saturated heterocycles. The Bertz CT molecular complexity index is 649. The molecule has 28 heavy (non-hydrogen) atoms. The van der Waals surface area contributed by atoms with Gasteiger partial charge in [0.15, 0.2) is 0 Å². The van der Waals surface area contributed by atoms with Crippen LogP contribution in [0.1, 0.15) is 69.9 Å². The first-order chi connectivity index (χ1) is 13.6. The molecule has 0 aromatic heterocycles. The van der Waals surface area contributed by atoms with E-state index in [1.807, 2.05) is 12.1 Å². The van der Waals surface area contributed by atoms with Gasteiger partial charge in [-0.3, -0.25) is 4.79 Å². The molecule has 0 unspecified atom stereocenters. The minimum absolute atomic E-state index is 0.227. The fraction of sp³-hybridized carbons (Fsp3) is 0.625.